The third kappa shape index (κ3) is 4.00. The summed E-state index contributed by atoms with van der Waals surface area (Å²) in [6, 6.07) is 10.3. The number of aliphatic carboxylic acids is 1. The van der Waals surface area contributed by atoms with E-state index >= 15 is 0 Å². The van der Waals surface area contributed by atoms with Crippen LogP contribution in [-0.4, -0.2) is 49.5 Å². The van der Waals surface area contributed by atoms with Gasteiger partial charge in [-0.15, -0.1) is 0 Å². The van der Waals surface area contributed by atoms with E-state index in [1.165, 1.54) is 10.5 Å². The van der Waals surface area contributed by atoms with Crippen molar-refractivity contribution in [3.63, 3.8) is 0 Å². The van der Waals surface area contributed by atoms with Gasteiger partial charge in [-0.05, 0) is 49.2 Å². The van der Waals surface area contributed by atoms with E-state index in [0.29, 0.717) is 0 Å². The Morgan fingerprint density at radius 2 is 1.61 bits per heavy atom. The topological polar surface area (TPSA) is 64.9 Å². The van der Waals surface area contributed by atoms with Crippen molar-refractivity contribution in [1.29, 1.82) is 0 Å². The molecule has 5 rings (SSSR count). The van der Waals surface area contributed by atoms with Gasteiger partial charge < -0.3 is 19.7 Å². The molecule has 5 heteroatoms. The zero-order valence-electron chi connectivity index (χ0n) is 16.4. The number of carbonyl (C=O) groups excluding carboxylic acids is 2. The molecule has 4 fully saturated rings. The number of carboxylic acids is 1. The molecule has 0 spiro atoms. The lowest BCUT2D eigenvalue weighted by atomic mass is 9.58. The number of carboxylic acid groups (broad SMARTS) is 1. The number of rotatable bonds is 5. The molecule has 4 aliphatic rings. The van der Waals surface area contributed by atoms with Gasteiger partial charge in [0.15, 0.2) is 0 Å². The maximum atomic E-state index is 13.2. The second-order valence-corrected chi connectivity index (χ2v) is 8.64. The molecule has 2 bridgehead atoms. The predicted octanol–water partition coefficient (Wildman–Crippen LogP) is 0.229. The molecule has 1 saturated heterocycles. The van der Waals surface area contributed by atoms with Gasteiger partial charge in [-0.1, -0.05) is 36.4 Å². The first-order valence-electron chi connectivity index (χ1n) is 10.7. The average Bonchev–Trinajstić information content (AvgIpc) is 2.74. The summed E-state index contributed by atoms with van der Waals surface area (Å²) in [5.41, 5.74) is 1.20. The van der Waals surface area contributed by atoms with Crippen LogP contribution in [0.1, 0.15) is 31.2 Å². The molecular formula is C23H30N2O3. The number of nitrogens with one attached hydrogen (secondary N) is 1. The van der Waals surface area contributed by atoms with Crippen molar-refractivity contribution in [2.75, 3.05) is 32.7 Å². The van der Waals surface area contributed by atoms with Crippen LogP contribution < -0.4 is 10.0 Å². The first-order valence-corrected chi connectivity index (χ1v) is 10.7. The molecule has 0 radical (unpaired) electrons. The van der Waals surface area contributed by atoms with E-state index in [1.807, 2.05) is 23.1 Å². The van der Waals surface area contributed by atoms with Crippen LogP contribution >= 0.6 is 0 Å². The number of hydrogen-bond acceptors (Lipinski definition) is 3. The van der Waals surface area contributed by atoms with Crippen molar-refractivity contribution >= 4 is 18.0 Å². The van der Waals surface area contributed by atoms with Crippen molar-refractivity contribution < 1.29 is 19.6 Å². The third-order valence-corrected chi connectivity index (χ3v) is 7.08. The predicted molar refractivity (Wildman–Crippen MR) is 105 cm³/mol. The number of benzene rings is 1. The first-order chi connectivity index (χ1) is 13.6. The molecule has 1 N–H and O–H groups in total. The lowest BCUT2D eigenvalue weighted by Gasteiger charge is -2.49. The zero-order chi connectivity index (χ0) is 19.5. The summed E-state index contributed by atoms with van der Waals surface area (Å²) >= 11 is 0. The summed E-state index contributed by atoms with van der Waals surface area (Å²) in [6.45, 7) is 4.23. The molecule has 1 aliphatic heterocycles. The number of carbonyl (C=O) groups is 2. The van der Waals surface area contributed by atoms with Crippen molar-refractivity contribution in [2.45, 2.75) is 25.7 Å². The summed E-state index contributed by atoms with van der Waals surface area (Å²) < 4.78 is 0. The number of amides is 1. The minimum atomic E-state index is -1.01. The maximum absolute atomic E-state index is 13.2. The van der Waals surface area contributed by atoms with Crippen molar-refractivity contribution in [3.8, 4) is 0 Å². The van der Waals surface area contributed by atoms with Crippen LogP contribution in [0.4, 0.5) is 0 Å². The Morgan fingerprint density at radius 1 is 1.00 bits per heavy atom. The van der Waals surface area contributed by atoms with Crippen molar-refractivity contribution in [1.82, 2.24) is 4.90 Å². The van der Waals surface area contributed by atoms with Crippen LogP contribution in [0.5, 0.6) is 0 Å². The van der Waals surface area contributed by atoms with Crippen LogP contribution in [0.25, 0.3) is 6.08 Å². The van der Waals surface area contributed by atoms with Gasteiger partial charge in [0.05, 0.1) is 32.7 Å². The van der Waals surface area contributed by atoms with E-state index in [-0.39, 0.29) is 23.7 Å². The van der Waals surface area contributed by atoms with Crippen LogP contribution in [0.2, 0.25) is 0 Å². The lowest BCUT2D eigenvalue weighted by Crippen LogP contribution is -3.14. The number of quaternary nitrogens is 1. The number of hydrogen-bond donors (Lipinski definition) is 1. The fourth-order valence-electron chi connectivity index (χ4n) is 5.53. The van der Waals surface area contributed by atoms with E-state index < -0.39 is 11.9 Å². The van der Waals surface area contributed by atoms with Gasteiger partial charge in [0.1, 0.15) is 0 Å². The third-order valence-electron chi connectivity index (χ3n) is 7.08. The summed E-state index contributed by atoms with van der Waals surface area (Å²) in [5.74, 6) is -1.49. The van der Waals surface area contributed by atoms with Gasteiger partial charge in [0, 0.05) is 17.8 Å². The molecule has 3 saturated carbocycles. The number of piperazine rings is 1. The van der Waals surface area contributed by atoms with E-state index in [9.17, 15) is 14.7 Å². The minimum absolute atomic E-state index is 0.0717. The highest BCUT2D eigenvalue weighted by molar-refractivity contribution is 5.85. The normalized spacial score (nSPS) is 30.6. The highest BCUT2D eigenvalue weighted by Gasteiger charge is 2.49. The lowest BCUT2D eigenvalue weighted by molar-refractivity contribution is -0.898. The number of fused-ring (bicyclic) bond motifs is 3. The molecule has 150 valence electrons. The van der Waals surface area contributed by atoms with Crippen LogP contribution in [-0.2, 0) is 9.59 Å². The Kier molecular flexibility index (Phi) is 5.81. The molecule has 1 heterocycles. The first kappa shape index (κ1) is 19.2. The Morgan fingerprint density at radius 3 is 2.21 bits per heavy atom. The highest BCUT2D eigenvalue weighted by Crippen LogP contribution is 2.49. The standard InChI is InChI=1S/C23H30N2O3/c26-22(20-18-8-10-19(11-9-18)21(20)23(27)28)25-15-13-24(14-16-25)12-4-7-17-5-2-1-3-6-17/h1-7,18-21H,8-16H2,(H,27,28)/b7-4+/t18?,19?,20-,21-/m0/s1. The molecule has 28 heavy (non-hydrogen) atoms. The van der Waals surface area contributed by atoms with Crippen LogP contribution in [0.3, 0.4) is 0 Å². The smallest absolute Gasteiger partial charge is 0.227 e. The van der Waals surface area contributed by atoms with Crippen molar-refractivity contribution in [3.05, 3.63) is 42.0 Å². The Balaban J connectivity index is 1.31. The Hall–Kier alpha value is -2.14. The fourth-order valence-corrected chi connectivity index (χ4v) is 5.53. The number of nitrogens with zero attached hydrogens (tertiary/aromatic N) is 1. The Bertz CT molecular complexity index is 717. The average molecular weight is 383 g/mol. The quantitative estimate of drug-likeness (QED) is 0.793. The molecule has 1 aromatic carbocycles. The van der Waals surface area contributed by atoms with Gasteiger partial charge in [-0.2, -0.15) is 0 Å². The van der Waals surface area contributed by atoms with Crippen molar-refractivity contribution in [2.24, 2.45) is 23.7 Å². The zero-order valence-corrected chi connectivity index (χ0v) is 16.4. The van der Waals surface area contributed by atoms with Crippen LogP contribution in [0, 0.1) is 23.7 Å². The van der Waals surface area contributed by atoms with E-state index in [2.05, 4.69) is 24.3 Å². The summed E-state index contributed by atoms with van der Waals surface area (Å²) in [5, 5.41) is 11.7. The maximum Gasteiger partial charge on any atom is 0.227 e. The van der Waals surface area contributed by atoms with E-state index in [0.717, 1.165) is 58.4 Å². The summed E-state index contributed by atoms with van der Waals surface area (Å²) in [4.78, 5) is 28.3. The molecular weight excluding hydrogens is 352 g/mol. The molecule has 0 unspecified atom stereocenters. The van der Waals surface area contributed by atoms with Gasteiger partial charge in [-0.25, -0.2) is 0 Å². The van der Waals surface area contributed by atoms with Gasteiger partial charge in [0.25, 0.3) is 0 Å². The Labute approximate surface area is 167 Å². The molecule has 3 aliphatic carbocycles. The minimum Gasteiger partial charge on any atom is -0.550 e. The molecule has 0 aromatic heterocycles. The second-order valence-electron chi connectivity index (χ2n) is 8.64. The molecule has 1 aromatic rings. The highest BCUT2D eigenvalue weighted by atomic mass is 16.4. The van der Waals surface area contributed by atoms with Crippen LogP contribution in [0.15, 0.2) is 36.4 Å². The largest absolute Gasteiger partial charge is 0.550 e. The molecule has 5 nitrogen and oxygen atoms in total. The SMILES string of the molecule is O=C([O-])[C@H]1C2CCC(CC2)[C@@H]1C(=O)N1CC[NH+](C/C=C/c2ccccc2)CC1. The van der Waals surface area contributed by atoms with Gasteiger partial charge in [-0.3, -0.25) is 4.79 Å². The summed E-state index contributed by atoms with van der Waals surface area (Å²) in [7, 11) is 0. The van der Waals surface area contributed by atoms with Gasteiger partial charge >= 0.3 is 0 Å². The summed E-state index contributed by atoms with van der Waals surface area (Å²) in [6.07, 6.45) is 8.24. The van der Waals surface area contributed by atoms with Gasteiger partial charge in [0.2, 0.25) is 5.91 Å². The monoisotopic (exact) mass is 382 g/mol. The molecule has 1 amide bonds. The second kappa shape index (κ2) is 8.48. The van der Waals surface area contributed by atoms with E-state index in [1.54, 1.807) is 0 Å². The van der Waals surface area contributed by atoms with E-state index in [4.69, 9.17) is 0 Å². The molecule has 2 atom stereocenters. The fraction of sp³-hybridized carbons (Fsp3) is 0.565.